The molecule has 0 bridgehead atoms. The van der Waals surface area contributed by atoms with E-state index >= 15 is 0 Å². The molecule has 22 heavy (non-hydrogen) atoms. The molecule has 2 aliphatic carbocycles. The predicted octanol–water partition coefficient (Wildman–Crippen LogP) is 4.29. The van der Waals surface area contributed by atoms with E-state index in [0.29, 0.717) is 17.8 Å². The van der Waals surface area contributed by atoms with E-state index in [1.54, 1.807) is 0 Å². The van der Waals surface area contributed by atoms with E-state index in [2.05, 4.69) is 38.2 Å². The largest absolute Gasteiger partial charge is 0.372 e. The Morgan fingerprint density at radius 1 is 1.18 bits per heavy atom. The van der Waals surface area contributed by atoms with Crippen LogP contribution in [0.3, 0.4) is 0 Å². The van der Waals surface area contributed by atoms with Gasteiger partial charge >= 0.3 is 0 Å². The van der Waals surface area contributed by atoms with Crippen molar-refractivity contribution in [3.8, 4) is 0 Å². The van der Waals surface area contributed by atoms with Gasteiger partial charge in [-0.1, -0.05) is 38.2 Å². The summed E-state index contributed by atoms with van der Waals surface area (Å²) in [7, 11) is 1.50. The van der Waals surface area contributed by atoms with E-state index in [-0.39, 0.29) is 0 Å². The molecule has 0 saturated carbocycles. The number of hydroxylamine groups is 2. The van der Waals surface area contributed by atoms with Crippen LogP contribution in [0.15, 0.2) is 35.5 Å². The number of allylic oxidation sites excluding steroid dienone is 5. The normalized spacial score (nSPS) is 35.6. The lowest BCUT2D eigenvalue weighted by Crippen LogP contribution is -2.30. The molecule has 0 fully saturated rings. The van der Waals surface area contributed by atoms with Crippen molar-refractivity contribution in [2.75, 3.05) is 7.05 Å². The lowest BCUT2D eigenvalue weighted by molar-refractivity contribution is -0.161. The minimum Gasteiger partial charge on any atom is -0.372 e. The topological polar surface area (TPSA) is 43.7 Å². The van der Waals surface area contributed by atoms with E-state index in [1.165, 1.54) is 31.9 Å². The molecule has 0 aromatic heterocycles. The number of fused-ring (bicyclic) bond motifs is 1. The molecule has 0 radical (unpaired) electrons. The van der Waals surface area contributed by atoms with Crippen LogP contribution in [0.1, 0.15) is 52.4 Å². The molecule has 0 aromatic carbocycles. The Bertz CT molecular complexity index is 450. The molecule has 0 saturated heterocycles. The summed E-state index contributed by atoms with van der Waals surface area (Å²) < 4.78 is 0. The standard InChI is InChI=1S/C19H31NO2/c1-14-6-4-7-15(2)12-18-13-17(19(21)20(3)22)9-5-8-16(18)11-10-14/h4,6,12-16,19,21-22H,5,7-11H2,1-3H3/b6-4-,18-12-. The van der Waals surface area contributed by atoms with Crippen LogP contribution in [0, 0.1) is 17.8 Å². The van der Waals surface area contributed by atoms with Gasteiger partial charge in [0.05, 0.1) is 0 Å². The second-order valence-corrected chi connectivity index (χ2v) is 7.12. The van der Waals surface area contributed by atoms with E-state index in [4.69, 9.17) is 0 Å². The minimum atomic E-state index is -0.885. The third-order valence-electron chi connectivity index (χ3n) is 4.95. The van der Waals surface area contributed by atoms with Gasteiger partial charge in [-0.05, 0) is 67.4 Å². The summed E-state index contributed by atoms with van der Waals surface area (Å²) in [5, 5.41) is 20.6. The Kier molecular flexibility index (Phi) is 6.42. The first kappa shape index (κ1) is 17.5. The van der Waals surface area contributed by atoms with Crippen LogP contribution in [0.25, 0.3) is 0 Å². The van der Waals surface area contributed by atoms with E-state index < -0.39 is 6.23 Å². The summed E-state index contributed by atoms with van der Waals surface area (Å²) in [6, 6.07) is 0. The van der Waals surface area contributed by atoms with Crippen molar-refractivity contribution in [2.24, 2.45) is 17.8 Å². The first-order valence-corrected chi connectivity index (χ1v) is 8.66. The summed E-state index contributed by atoms with van der Waals surface area (Å²) in [6.45, 7) is 4.56. The number of likely N-dealkylation sites (N-methyl/N-ethyl adjacent to an activating group) is 1. The lowest BCUT2D eigenvalue weighted by atomic mass is 9.85. The molecule has 124 valence electrons. The van der Waals surface area contributed by atoms with Crippen molar-refractivity contribution in [1.29, 1.82) is 0 Å². The van der Waals surface area contributed by atoms with Crippen LogP contribution < -0.4 is 0 Å². The third-order valence-corrected chi connectivity index (χ3v) is 4.95. The highest BCUT2D eigenvalue weighted by Crippen LogP contribution is 2.34. The Balaban J connectivity index is 2.28. The van der Waals surface area contributed by atoms with Gasteiger partial charge in [0.15, 0.2) is 6.23 Å². The highest BCUT2D eigenvalue weighted by molar-refractivity contribution is 5.30. The monoisotopic (exact) mass is 305 g/mol. The number of aliphatic hydroxyl groups is 1. The Labute approximate surface area is 135 Å². The van der Waals surface area contributed by atoms with Crippen molar-refractivity contribution in [2.45, 2.75) is 58.6 Å². The Morgan fingerprint density at radius 2 is 1.95 bits per heavy atom. The molecule has 0 heterocycles. The number of aliphatic hydroxyl groups excluding tert-OH is 1. The van der Waals surface area contributed by atoms with Crippen LogP contribution in [0.2, 0.25) is 0 Å². The lowest BCUT2D eigenvalue weighted by Gasteiger charge is -2.22. The van der Waals surface area contributed by atoms with Gasteiger partial charge in [-0.3, -0.25) is 0 Å². The van der Waals surface area contributed by atoms with Gasteiger partial charge in [-0.2, -0.15) is 5.06 Å². The van der Waals surface area contributed by atoms with Crippen LogP contribution in [0.5, 0.6) is 0 Å². The highest BCUT2D eigenvalue weighted by atomic mass is 16.5. The number of hydrogen-bond acceptors (Lipinski definition) is 3. The average Bonchev–Trinajstić information content (AvgIpc) is 2.66. The maximum Gasteiger partial charge on any atom is 0.151 e. The second kappa shape index (κ2) is 8.09. The van der Waals surface area contributed by atoms with Crippen molar-refractivity contribution in [3.63, 3.8) is 0 Å². The third kappa shape index (κ3) is 4.80. The molecule has 2 N–H and O–H groups in total. The fourth-order valence-corrected chi connectivity index (χ4v) is 3.54. The zero-order valence-electron chi connectivity index (χ0n) is 14.2. The van der Waals surface area contributed by atoms with Gasteiger partial charge in [-0.25, -0.2) is 0 Å². The van der Waals surface area contributed by atoms with Crippen molar-refractivity contribution in [3.05, 3.63) is 35.5 Å². The molecule has 0 aromatic rings. The number of rotatable bonds is 2. The smallest absolute Gasteiger partial charge is 0.151 e. The summed E-state index contributed by atoms with van der Waals surface area (Å²) >= 11 is 0. The van der Waals surface area contributed by atoms with Gasteiger partial charge in [0.2, 0.25) is 0 Å². The van der Waals surface area contributed by atoms with Gasteiger partial charge in [-0.15, -0.1) is 0 Å². The summed E-state index contributed by atoms with van der Waals surface area (Å²) in [5.41, 5.74) is 2.30. The highest BCUT2D eigenvalue weighted by Gasteiger charge is 2.23. The Hall–Kier alpha value is -0.900. The molecule has 3 nitrogen and oxygen atoms in total. The zero-order valence-corrected chi connectivity index (χ0v) is 14.2. The molecule has 0 spiro atoms. The van der Waals surface area contributed by atoms with Crippen molar-refractivity contribution >= 4 is 0 Å². The van der Waals surface area contributed by atoms with Gasteiger partial charge < -0.3 is 10.3 Å². The summed E-state index contributed by atoms with van der Waals surface area (Å²) in [6.07, 6.45) is 14.9. The fraction of sp³-hybridized carbons (Fsp3) is 0.684. The molecule has 0 aliphatic heterocycles. The van der Waals surface area contributed by atoms with Crippen LogP contribution in [-0.2, 0) is 0 Å². The van der Waals surface area contributed by atoms with Gasteiger partial charge in [0, 0.05) is 7.05 Å². The predicted molar refractivity (Wildman–Crippen MR) is 90.4 cm³/mol. The minimum absolute atomic E-state index is 0.513. The quantitative estimate of drug-likeness (QED) is 0.454. The molecular formula is C19H31NO2. The molecule has 4 unspecified atom stereocenters. The maximum atomic E-state index is 10.2. The fourth-order valence-electron chi connectivity index (χ4n) is 3.54. The average molecular weight is 305 g/mol. The summed E-state index contributed by atoms with van der Waals surface area (Å²) in [4.78, 5) is 0. The number of hydrogen-bond donors (Lipinski definition) is 2. The van der Waals surface area contributed by atoms with Gasteiger partial charge in [0.25, 0.3) is 0 Å². The van der Waals surface area contributed by atoms with Crippen LogP contribution in [-0.4, -0.2) is 28.7 Å². The van der Waals surface area contributed by atoms with E-state index in [9.17, 15) is 10.3 Å². The Morgan fingerprint density at radius 3 is 2.68 bits per heavy atom. The molecular weight excluding hydrogens is 274 g/mol. The summed E-state index contributed by atoms with van der Waals surface area (Å²) in [5.74, 6) is 1.75. The first-order chi connectivity index (χ1) is 10.5. The van der Waals surface area contributed by atoms with Crippen LogP contribution >= 0.6 is 0 Å². The zero-order chi connectivity index (χ0) is 16.1. The molecule has 2 rings (SSSR count). The number of nitrogens with zero attached hydrogens (tertiary/aromatic N) is 1. The van der Waals surface area contributed by atoms with Crippen molar-refractivity contribution in [1.82, 2.24) is 5.06 Å². The molecule has 3 heteroatoms. The maximum absolute atomic E-state index is 10.2. The molecule has 2 aliphatic rings. The SMILES string of the molecule is CC1/C=C\CC(C)/C=C2/C=C(C(O)N(C)O)CCCC2CC1. The first-order valence-electron chi connectivity index (χ1n) is 8.66. The molecule has 0 amide bonds. The van der Waals surface area contributed by atoms with E-state index in [0.717, 1.165) is 29.9 Å². The van der Waals surface area contributed by atoms with Crippen LogP contribution in [0.4, 0.5) is 0 Å². The van der Waals surface area contributed by atoms with Gasteiger partial charge in [0.1, 0.15) is 0 Å². The van der Waals surface area contributed by atoms with Crippen molar-refractivity contribution < 1.29 is 10.3 Å². The molecule has 4 atom stereocenters. The second-order valence-electron chi connectivity index (χ2n) is 7.12. The van der Waals surface area contributed by atoms with E-state index in [1.807, 2.05) is 0 Å².